The molecule has 0 aliphatic heterocycles. The van der Waals surface area contributed by atoms with Crippen molar-refractivity contribution < 1.29 is 9.59 Å². The van der Waals surface area contributed by atoms with Gasteiger partial charge in [0, 0.05) is 23.3 Å². The van der Waals surface area contributed by atoms with Crippen LogP contribution >= 0.6 is 23.4 Å². The summed E-state index contributed by atoms with van der Waals surface area (Å²) in [5, 5.41) is 15.3. The third-order valence-electron chi connectivity index (χ3n) is 4.43. The molecule has 0 bridgehead atoms. The van der Waals surface area contributed by atoms with E-state index in [1.165, 1.54) is 11.8 Å². The van der Waals surface area contributed by atoms with Gasteiger partial charge in [-0.05, 0) is 49.7 Å². The van der Waals surface area contributed by atoms with Crippen molar-refractivity contribution in [1.82, 2.24) is 20.1 Å². The molecule has 3 aromatic rings. The van der Waals surface area contributed by atoms with E-state index >= 15 is 0 Å². The number of hydrogen-bond acceptors (Lipinski definition) is 5. The van der Waals surface area contributed by atoms with Crippen LogP contribution in [0, 0.1) is 6.92 Å². The highest BCUT2D eigenvalue weighted by atomic mass is 35.5. The molecule has 0 spiro atoms. The van der Waals surface area contributed by atoms with E-state index in [1.54, 1.807) is 34.9 Å². The molecule has 2 aromatic carbocycles. The van der Waals surface area contributed by atoms with Crippen LogP contribution in [0.15, 0.2) is 53.7 Å². The lowest BCUT2D eigenvalue weighted by Crippen LogP contribution is -2.28. The van der Waals surface area contributed by atoms with E-state index < -0.39 is 0 Å². The Hall–Kier alpha value is -2.84. The molecule has 0 fully saturated rings. The molecule has 3 rings (SSSR count). The minimum absolute atomic E-state index is 0.152. The molecule has 156 valence electrons. The van der Waals surface area contributed by atoms with E-state index in [0.29, 0.717) is 21.6 Å². The van der Waals surface area contributed by atoms with Gasteiger partial charge in [-0.3, -0.25) is 9.59 Å². The fourth-order valence-electron chi connectivity index (χ4n) is 2.85. The summed E-state index contributed by atoms with van der Waals surface area (Å²) in [6.45, 7) is 3.73. The van der Waals surface area contributed by atoms with Crippen molar-refractivity contribution >= 4 is 40.9 Å². The predicted molar refractivity (Wildman–Crippen MR) is 119 cm³/mol. The van der Waals surface area contributed by atoms with E-state index in [0.717, 1.165) is 11.3 Å². The number of nitrogens with zero attached hydrogens (tertiary/aromatic N) is 3. The molecular formula is C21H22ClN5O2S. The lowest BCUT2D eigenvalue weighted by atomic mass is 10.2. The van der Waals surface area contributed by atoms with Crippen molar-refractivity contribution in [3.63, 3.8) is 0 Å². The average molecular weight is 444 g/mol. The van der Waals surface area contributed by atoms with Gasteiger partial charge in [0.25, 0.3) is 5.91 Å². The van der Waals surface area contributed by atoms with Gasteiger partial charge in [-0.1, -0.05) is 41.6 Å². The summed E-state index contributed by atoms with van der Waals surface area (Å²) in [6, 6.07) is 14.0. The van der Waals surface area contributed by atoms with Crippen LogP contribution in [0.1, 0.15) is 34.7 Å². The lowest BCUT2D eigenvalue weighted by molar-refractivity contribution is -0.113. The molecule has 7 nitrogen and oxygen atoms in total. The van der Waals surface area contributed by atoms with Crippen LogP contribution in [-0.2, 0) is 11.8 Å². The summed E-state index contributed by atoms with van der Waals surface area (Å²) in [6.07, 6.45) is 0. The second-order valence-electron chi connectivity index (χ2n) is 6.76. The van der Waals surface area contributed by atoms with Crippen molar-refractivity contribution in [2.75, 3.05) is 11.1 Å². The van der Waals surface area contributed by atoms with Gasteiger partial charge < -0.3 is 15.2 Å². The van der Waals surface area contributed by atoms with Gasteiger partial charge in [0.05, 0.1) is 11.8 Å². The third-order valence-corrected chi connectivity index (χ3v) is 5.69. The predicted octanol–water partition coefficient (Wildman–Crippen LogP) is 4.00. The molecule has 0 saturated carbocycles. The van der Waals surface area contributed by atoms with E-state index in [4.69, 9.17) is 11.6 Å². The molecule has 0 aliphatic rings. The van der Waals surface area contributed by atoms with E-state index in [1.807, 2.05) is 39.1 Å². The number of anilines is 1. The Morgan fingerprint density at radius 2 is 1.90 bits per heavy atom. The van der Waals surface area contributed by atoms with Gasteiger partial charge in [0.1, 0.15) is 0 Å². The number of hydrogen-bond donors (Lipinski definition) is 2. The summed E-state index contributed by atoms with van der Waals surface area (Å²) < 4.78 is 1.78. The molecule has 9 heteroatoms. The number of rotatable bonds is 7. The Kier molecular flexibility index (Phi) is 7.12. The van der Waals surface area contributed by atoms with Crippen LogP contribution in [0.2, 0.25) is 5.02 Å². The van der Waals surface area contributed by atoms with Crippen molar-refractivity contribution in [2.24, 2.45) is 7.05 Å². The Bertz CT molecular complexity index is 1050. The minimum atomic E-state index is -0.338. The Morgan fingerprint density at radius 1 is 1.17 bits per heavy atom. The summed E-state index contributed by atoms with van der Waals surface area (Å²) in [5.41, 5.74) is 2.20. The Labute approximate surface area is 184 Å². The summed E-state index contributed by atoms with van der Waals surface area (Å²) in [5.74, 6) is 0.452. The van der Waals surface area contributed by atoms with Crippen LogP contribution in [0.4, 0.5) is 5.69 Å². The first-order chi connectivity index (χ1) is 14.3. The molecule has 30 heavy (non-hydrogen) atoms. The highest BCUT2D eigenvalue weighted by Gasteiger charge is 2.19. The van der Waals surface area contributed by atoms with Crippen LogP contribution in [-0.4, -0.2) is 32.3 Å². The fourth-order valence-corrected chi connectivity index (χ4v) is 3.79. The number of thioether (sulfide) groups is 1. The smallest absolute Gasteiger partial charge is 0.251 e. The molecule has 1 heterocycles. The minimum Gasteiger partial charge on any atom is -0.342 e. The molecule has 0 unspecified atom stereocenters. The average Bonchev–Trinajstić information content (AvgIpc) is 3.09. The number of benzene rings is 2. The largest absolute Gasteiger partial charge is 0.342 e. The monoisotopic (exact) mass is 443 g/mol. The molecule has 1 aromatic heterocycles. The van der Waals surface area contributed by atoms with Crippen LogP contribution < -0.4 is 10.6 Å². The summed E-state index contributed by atoms with van der Waals surface area (Å²) in [4.78, 5) is 24.6. The topological polar surface area (TPSA) is 88.9 Å². The number of halogens is 1. The Balaban J connectivity index is 1.58. The van der Waals surface area contributed by atoms with Crippen molar-refractivity contribution in [3.05, 3.63) is 70.5 Å². The van der Waals surface area contributed by atoms with Gasteiger partial charge >= 0.3 is 0 Å². The zero-order chi connectivity index (χ0) is 21.7. The number of aromatic nitrogens is 3. The van der Waals surface area contributed by atoms with Gasteiger partial charge in [0.15, 0.2) is 11.0 Å². The number of aryl methyl sites for hydroxylation is 1. The molecule has 0 saturated heterocycles. The second-order valence-corrected chi connectivity index (χ2v) is 8.14. The number of carbonyl (C=O) groups is 2. The van der Waals surface area contributed by atoms with E-state index in [-0.39, 0.29) is 23.6 Å². The quantitative estimate of drug-likeness (QED) is 0.539. The zero-order valence-corrected chi connectivity index (χ0v) is 18.4. The molecular weight excluding hydrogens is 422 g/mol. The Morgan fingerprint density at radius 3 is 2.60 bits per heavy atom. The fraction of sp³-hybridized carbons (Fsp3) is 0.238. The van der Waals surface area contributed by atoms with Crippen LogP contribution in [0.25, 0.3) is 0 Å². The lowest BCUT2D eigenvalue weighted by Gasteiger charge is -2.13. The third kappa shape index (κ3) is 5.40. The van der Waals surface area contributed by atoms with Crippen LogP contribution in [0.5, 0.6) is 0 Å². The second kappa shape index (κ2) is 9.77. The first-order valence-electron chi connectivity index (χ1n) is 9.29. The van der Waals surface area contributed by atoms with Crippen LogP contribution in [0.3, 0.4) is 0 Å². The zero-order valence-electron chi connectivity index (χ0n) is 16.8. The van der Waals surface area contributed by atoms with Gasteiger partial charge in [-0.2, -0.15) is 0 Å². The van der Waals surface area contributed by atoms with Crippen molar-refractivity contribution in [2.45, 2.75) is 25.0 Å². The summed E-state index contributed by atoms with van der Waals surface area (Å²) >= 11 is 7.22. The van der Waals surface area contributed by atoms with E-state index in [2.05, 4.69) is 20.8 Å². The SMILES string of the molecule is Cc1cc(Cl)ccc1NC(=O)CSc1nnc([C@@H](C)NC(=O)c2ccccc2)n1C. The molecule has 0 aliphatic carbocycles. The maximum atomic E-state index is 12.3. The maximum absolute atomic E-state index is 12.3. The summed E-state index contributed by atoms with van der Waals surface area (Å²) in [7, 11) is 1.81. The highest BCUT2D eigenvalue weighted by molar-refractivity contribution is 7.99. The first kappa shape index (κ1) is 21.9. The molecule has 2 N–H and O–H groups in total. The first-order valence-corrected chi connectivity index (χ1v) is 10.7. The van der Waals surface area contributed by atoms with Crippen molar-refractivity contribution in [1.29, 1.82) is 0 Å². The number of carbonyl (C=O) groups excluding carboxylic acids is 2. The molecule has 0 radical (unpaired) electrons. The van der Waals surface area contributed by atoms with Gasteiger partial charge in [0.2, 0.25) is 5.91 Å². The maximum Gasteiger partial charge on any atom is 0.251 e. The standard InChI is InChI=1S/C21H22ClN5O2S/c1-13-11-16(22)9-10-17(13)24-18(28)12-30-21-26-25-19(27(21)3)14(2)23-20(29)15-7-5-4-6-8-15/h4-11,14H,12H2,1-3H3,(H,23,29)(H,24,28)/t14-/m1/s1. The van der Waals surface area contributed by atoms with Crippen molar-refractivity contribution in [3.8, 4) is 0 Å². The van der Waals surface area contributed by atoms with Gasteiger partial charge in [-0.15, -0.1) is 10.2 Å². The number of nitrogens with one attached hydrogen (secondary N) is 2. The van der Waals surface area contributed by atoms with Gasteiger partial charge in [-0.25, -0.2) is 0 Å². The normalized spacial score (nSPS) is 11.7. The number of amides is 2. The van der Waals surface area contributed by atoms with E-state index in [9.17, 15) is 9.59 Å². The molecule has 2 amide bonds. The highest BCUT2D eigenvalue weighted by Crippen LogP contribution is 2.22. The molecule has 1 atom stereocenters.